The van der Waals surface area contributed by atoms with Gasteiger partial charge in [-0.15, -0.1) is 0 Å². The highest BCUT2D eigenvalue weighted by molar-refractivity contribution is 5.99. The molecule has 5 heteroatoms. The first kappa shape index (κ1) is 22.5. The van der Waals surface area contributed by atoms with Gasteiger partial charge in [0.05, 0.1) is 19.8 Å². The van der Waals surface area contributed by atoms with E-state index in [0.29, 0.717) is 6.54 Å². The molecule has 0 heterocycles. The van der Waals surface area contributed by atoms with Crippen LogP contribution in [0.15, 0.2) is 78.9 Å². The molecule has 4 aromatic carbocycles. The van der Waals surface area contributed by atoms with E-state index in [1.807, 2.05) is 36.4 Å². The summed E-state index contributed by atoms with van der Waals surface area (Å²) >= 11 is 0. The zero-order chi connectivity index (χ0) is 23.4. The number of halogens is 1. The lowest BCUT2D eigenvalue weighted by Gasteiger charge is -2.17. The molecule has 0 aliphatic heterocycles. The predicted molar refractivity (Wildman–Crippen MR) is 129 cm³/mol. The van der Waals surface area contributed by atoms with Gasteiger partial charge in [0.15, 0.2) is 0 Å². The molecule has 33 heavy (non-hydrogen) atoms. The van der Waals surface area contributed by atoms with E-state index in [2.05, 4.69) is 36.5 Å². The Balaban J connectivity index is 1.68. The fourth-order valence-corrected chi connectivity index (χ4v) is 3.97. The maximum atomic E-state index is 14.2. The maximum absolute atomic E-state index is 14.2. The molecule has 0 bridgehead atoms. The average molecular weight is 444 g/mol. The summed E-state index contributed by atoms with van der Waals surface area (Å²) in [6, 6.07) is 25.0. The molecule has 1 atom stereocenters. The lowest BCUT2D eigenvalue weighted by Crippen LogP contribution is -2.18. The van der Waals surface area contributed by atoms with Crippen molar-refractivity contribution in [1.29, 1.82) is 0 Å². The van der Waals surface area contributed by atoms with Crippen LogP contribution in [-0.4, -0.2) is 20.2 Å². The van der Waals surface area contributed by atoms with Gasteiger partial charge in [-0.2, -0.15) is 0 Å². The monoisotopic (exact) mass is 443 g/mol. The van der Waals surface area contributed by atoms with E-state index in [-0.39, 0.29) is 11.6 Å². The van der Waals surface area contributed by atoms with Crippen molar-refractivity contribution in [2.75, 3.05) is 14.2 Å². The molecule has 0 radical (unpaired) electrons. The highest BCUT2D eigenvalue weighted by Crippen LogP contribution is 2.32. The van der Waals surface area contributed by atoms with Crippen LogP contribution in [0.4, 0.5) is 4.39 Å². The van der Waals surface area contributed by atoms with Crippen LogP contribution >= 0.6 is 0 Å². The van der Waals surface area contributed by atoms with Gasteiger partial charge < -0.3 is 14.8 Å². The van der Waals surface area contributed by atoms with Crippen LogP contribution in [0, 0.1) is 5.82 Å². The van der Waals surface area contributed by atoms with Gasteiger partial charge in [0.2, 0.25) is 0 Å². The van der Waals surface area contributed by atoms with Crippen LogP contribution < -0.4 is 10.1 Å². The average Bonchev–Trinajstić information content (AvgIpc) is 2.86. The fraction of sp³-hybridized carbons (Fsp3) is 0.179. The van der Waals surface area contributed by atoms with Crippen LogP contribution in [0.3, 0.4) is 0 Å². The van der Waals surface area contributed by atoms with Gasteiger partial charge in [-0.1, -0.05) is 42.5 Å². The van der Waals surface area contributed by atoms with E-state index in [0.717, 1.165) is 38.8 Å². The Hall–Kier alpha value is -3.70. The number of esters is 1. The summed E-state index contributed by atoms with van der Waals surface area (Å²) in [7, 11) is 2.91. The highest BCUT2D eigenvalue weighted by atomic mass is 19.1. The van der Waals surface area contributed by atoms with Crippen molar-refractivity contribution in [1.82, 2.24) is 5.32 Å². The second-order valence-electron chi connectivity index (χ2n) is 7.93. The van der Waals surface area contributed by atoms with Crippen molar-refractivity contribution in [2.24, 2.45) is 0 Å². The first-order valence-corrected chi connectivity index (χ1v) is 10.8. The third kappa shape index (κ3) is 4.89. The van der Waals surface area contributed by atoms with Gasteiger partial charge in [0.1, 0.15) is 11.6 Å². The minimum Gasteiger partial charge on any atom is -0.497 e. The molecule has 0 unspecified atom stereocenters. The zero-order valence-corrected chi connectivity index (χ0v) is 18.9. The van der Waals surface area contributed by atoms with E-state index in [9.17, 15) is 9.18 Å². The largest absolute Gasteiger partial charge is 0.497 e. The Labute approximate surface area is 193 Å². The molecule has 4 aromatic rings. The lowest BCUT2D eigenvalue weighted by molar-refractivity contribution is 0.0595. The molecule has 1 N–H and O–H groups in total. The zero-order valence-electron chi connectivity index (χ0n) is 18.9. The lowest BCUT2D eigenvalue weighted by atomic mass is 9.94. The fourth-order valence-electron chi connectivity index (χ4n) is 3.97. The third-order valence-electron chi connectivity index (χ3n) is 5.81. The molecular weight excluding hydrogens is 417 g/mol. The van der Waals surface area contributed by atoms with Gasteiger partial charge in [-0.3, -0.25) is 0 Å². The normalized spacial score (nSPS) is 11.9. The SMILES string of the molecule is COC(=O)c1cc(-c2cc(CN[C@H](C)c3cccc(OC)c3)cc3ccccc23)ccc1F. The van der Waals surface area contributed by atoms with Crippen molar-refractivity contribution in [3.05, 3.63) is 101 Å². The molecule has 0 saturated heterocycles. The topological polar surface area (TPSA) is 47.6 Å². The number of ether oxygens (including phenoxy) is 2. The maximum Gasteiger partial charge on any atom is 0.340 e. The number of rotatable bonds is 7. The van der Waals surface area contributed by atoms with Crippen LogP contribution in [0.5, 0.6) is 5.75 Å². The minimum atomic E-state index is -0.691. The van der Waals surface area contributed by atoms with Crippen molar-refractivity contribution in [2.45, 2.75) is 19.5 Å². The predicted octanol–water partition coefficient (Wildman–Crippen LogP) is 6.29. The summed E-state index contributed by atoms with van der Waals surface area (Å²) < 4.78 is 24.3. The van der Waals surface area contributed by atoms with Gasteiger partial charge in [-0.25, -0.2) is 9.18 Å². The Kier molecular flexibility index (Phi) is 6.71. The quantitative estimate of drug-likeness (QED) is 0.341. The molecule has 0 aliphatic rings. The van der Waals surface area contributed by atoms with Crippen molar-refractivity contribution >= 4 is 16.7 Å². The van der Waals surface area contributed by atoms with Crippen molar-refractivity contribution in [3.8, 4) is 16.9 Å². The summed E-state index contributed by atoms with van der Waals surface area (Å²) in [5.41, 5.74) is 3.84. The number of carbonyl (C=O) groups is 1. The number of hydrogen-bond acceptors (Lipinski definition) is 4. The third-order valence-corrected chi connectivity index (χ3v) is 5.81. The first-order chi connectivity index (χ1) is 16.0. The molecule has 0 amide bonds. The number of hydrogen-bond donors (Lipinski definition) is 1. The Morgan fingerprint density at radius 1 is 0.970 bits per heavy atom. The van der Waals surface area contributed by atoms with Gasteiger partial charge in [0, 0.05) is 12.6 Å². The second kappa shape index (κ2) is 9.84. The molecule has 0 aromatic heterocycles. The van der Waals surface area contributed by atoms with E-state index in [1.54, 1.807) is 19.2 Å². The molecule has 0 aliphatic carbocycles. The number of fused-ring (bicyclic) bond motifs is 1. The molecular formula is C28H26FNO3. The van der Waals surface area contributed by atoms with Crippen LogP contribution in [0.25, 0.3) is 21.9 Å². The number of nitrogens with one attached hydrogen (secondary N) is 1. The smallest absolute Gasteiger partial charge is 0.340 e. The van der Waals surface area contributed by atoms with Crippen LogP contribution in [0.1, 0.15) is 34.5 Å². The van der Waals surface area contributed by atoms with E-state index in [1.165, 1.54) is 13.2 Å². The summed E-state index contributed by atoms with van der Waals surface area (Å²) in [5, 5.41) is 5.67. The van der Waals surface area contributed by atoms with E-state index < -0.39 is 11.8 Å². The molecule has 168 valence electrons. The molecule has 4 rings (SSSR count). The number of methoxy groups -OCH3 is 2. The summed E-state index contributed by atoms with van der Waals surface area (Å²) in [5.74, 6) is -0.463. The number of benzene rings is 4. The van der Waals surface area contributed by atoms with Gasteiger partial charge >= 0.3 is 5.97 Å². The Morgan fingerprint density at radius 2 is 1.79 bits per heavy atom. The van der Waals surface area contributed by atoms with E-state index in [4.69, 9.17) is 9.47 Å². The first-order valence-electron chi connectivity index (χ1n) is 10.8. The minimum absolute atomic E-state index is 0.0748. The van der Waals surface area contributed by atoms with Crippen LogP contribution in [-0.2, 0) is 11.3 Å². The molecule has 0 spiro atoms. The summed E-state index contributed by atoms with van der Waals surface area (Å²) in [6.07, 6.45) is 0. The van der Waals surface area contributed by atoms with Gasteiger partial charge in [-0.05, 0) is 76.3 Å². The standard InChI is InChI=1S/C28H26FNO3/c1-18(20-8-6-9-23(15-20)32-2)30-17-19-13-21-7-4-5-10-24(21)25(14-19)22-11-12-27(29)26(16-22)28(31)33-3/h4-16,18,30H,17H2,1-3H3/t18-/m1/s1. The highest BCUT2D eigenvalue weighted by Gasteiger charge is 2.15. The summed E-state index contributed by atoms with van der Waals surface area (Å²) in [6.45, 7) is 2.75. The van der Waals surface area contributed by atoms with Crippen LogP contribution in [0.2, 0.25) is 0 Å². The molecule has 0 fully saturated rings. The second-order valence-corrected chi connectivity index (χ2v) is 7.93. The molecule has 4 nitrogen and oxygen atoms in total. The van der Waals surface area contributed by atoms with Crippen molar-refractivity contribution < 1.29 is 18.7 Å². The van der Waals surface area contributed by atoms with E-state index >= 15 is 0 Å². The Bertz CT molecular complexity index is 1300. The number of carbonyl (C=O) groups excluding carboxylic acids is 1. The summed E-state index contributed by atoms with van der Waals surface area (Å²) in [4.78, 5) is 12.0. The van der Waals surface area contributed by atoms with Crippen molar-refractivity contribution in [3.63, 3.8) is 0 Å². The molecule has 0 saturated carbocycles. The Morgan fingerprint density at radius 3 is 2.58 bits per heavy atom. The van der Waals surface area contributed by atoms with Gasteiger partial charge in [0.25, 0.3) is 0 Å².